The third-order valence-corrected chi connectivity index (χ3v) is 7.37. The molecule has 0 saturated carbocycles. The number of hydrogen-bond acceptors (Lipinski definition) is 7. The van der Waals surface area contributed by atoms with Crippen LogP contribution in [0.4, 0.5) is 19.4 Å². The van der Waals surface area contributed by atoms with E-state index in [0.29, 0.717) is 12.4 Å². The Labute approximate surface area is 198 Å². The Morgan fingerprint density at radius 2 is 2.00 bits per heavy atom. The largest absolute Gasteiger partial charge is 0.444 e. The number of nitrogens with zero attached hydrogens (tertiary/aromatic N) is 3. The zero-order valence-electron chi connectivity index (χ0n) is 19.7. The molecule has 1 amide bonds. The molecule has 186 valence electrons. The fraction of sp³-hybridized carbons (Fsp3) is 0.500. The van der Waals surface area contributed by atoms with E-state index in [2.05, 4.69) is 20.6 Å². The highest BCUT2D eigenvalue weighted by molar-refractivity contribution is 7.89. The minimum Gasteiger partial charge on any atom is -0.444 e. The molecule has 3 rings (SSSR count). The van der Waals surface area contributed by atoms with Crippen LogP contribution in [0.15, 0.2) is 46.9 Å². The summed E-state index contributed by atoms with van der Waals surface area (Å²) in [5.74, 6) is -2.08. The van der Waals surface area contributed by atoms with Crippen LogP contribution in [0.1, 0.15) is 34.1 Å². The molecule has 1 aliphatic heterocycles. The van der Waals surface area contributed by atoms with Gasteiger partial charge in [0.25, 0.3) is 0 Å². The molecule has 2 atom stereocenters. The fourth-order valence-electron chi connectivity index (χ4n) is 3.70. The van der Waals surface area contributed by atoms with Crippen molar-refractivity contribution in [3.8, 4) is 0 Å². The summed E-state index contributed by atoms with van der Waals surface area (Å²) in [7, 11) is -2.63. The third kappa shape index (κ3) is 6.10. The summed E-state index contributed by atoms with van der Waals surface area (Å²) in [4.78, 5) is 20.7. The van der Waals surface area contributed by atoms with Crippen LogP contribution in [0.2, 0.25) is 0 Å². The monoisotopic (exact) mass is 497 g/mol. The summed E-state index contributed by atoms with van der Waals surface area (Å²) in [6.45, 7) is 6.86. The number of halogens is 2. The average molecular weight is 498 g/mol. The number of hydrogen-bond donors (Lipinski definition) is 2. The van der Waals surface area contributed by atoms with E-state index >= 15 is 0 Å². The topological polar surface area (TPSA) is 113 Å². The average Bonchev–Trinajstić information content (AvgIpc) is 2.70. The second kappa shape index (κ2) is 9.32. The number of allylic oxidation sites excluding steroid dienone is 2. The normalized spacial score (nSPS) is 24.5. The summed E-state index contributed by atoms with van der Waals surface area (Å²) in [5, 5.41) is 5.42. The first-order valence-electron chi connectivity index (χ1n) is 10.7. The first-order chi connectivity index (χ1) is 15.7. The molecule has 1 unspecified atom stereocenters. The maximum atomic E-state index is 15.0. The van der Waals surface area contributed by atoms with E-state index in [0.717, 1.165) is 16.1 Å². The second-order valence-corrected chi connectivity index (χ2v) is 11.5. The molecular weight excluding hydrogens is 468 g/mol. The van der Waals surface area contributed by atoms with E-state index in [9.17, 15) is 22.0 Å². The number of nitrogens with one attached hydrogen (secondary N) is 2. The lowest BCUT2D eigenvalue weighted by Crippen LogP contribution is -2.57. The van der Waals surface area contributed by atoms with Crippen LogP contribution in [-0.2, 0) is 14.8 Å². The molecule has 0 fully saturated rings. The minimum atomic E-state index is -3.90. The van der Waals surface area contributed by atoms with E-state index in [4.69, 9.17) is 4.74 Å². The van der Waals surface area contributed by atoms with Crippen LogP contribution in [0.3, 0.4) is 0 Å². The molecule has 34 heavy (non-hydrogen) atoms. The summed E-state index contributed by atoms with van der Waals surface area (Å²) >= 11 is 0. The molecule has 2 aliphatic rings. The van der Waals surface area contributed by atoms with Gasteiger partial charge in [-0.15, -0.1) is 0 Å². The maximum Gasteiger partial charge on any atom is 0.414 e. The lowest BCUT2D eigenvalue weighted by atomic mass is 9.79. The molecule has 2 heterocycles. The molecule has 1 aliphatic carbocycles. The van der Waals surface area contributed by atoms with Crippen molar-refractivity contribution in [1.29, 1.82) is 0 Å². The predicted molar refractivity (Wildman–Crippen MR) is 125 cm³/mol. The van der Waals surface area contributed by atoms with Crippen molar-refractivity contribution in [3.63, 3.8) is 0 Å². The zero-order chi connectivity index (χ0) is 25.3. The molecule has 1 aromatic heterocycles. The Morgan fingerprint density at radius 3 is 2.62 bits per heavy atom. The van der Waals surface area contributed by atoms with Crippen LogP contribution in [0.5, 0.6) is 0 Å². The van der Waals surface area contributed by atoms with E-state index in [1.165, 1.54) is 25.3 Å². The summed E-state index contributed by atoms with van der Waals surface area (Å²) in [5.41, 5.74) is -1.40. The van der Waals surface area contributed by atoms with Gasteiger partial charge in [0, 0.05) is 19.5 Å². The predicted octanol–water partition coefficient (Wildman–Crippen LogP) is 3.35. The molecule has 9 nitrogen and oxygen atoms in total. The van der Waals surface area contributed by atoms with Gasteiger partial charge in [-0.1, -0.05) is 11.6 Å². The number of amides is 1. The number of pyridine rings is 1. The summed E-state index contributed by atoms with van der Waals surface area (Å²) in [6, 6.07) is 2.75. The van der Waals surface area contributed by atoms with Crippen molar-refractivity contribution in [2.24, 2.45) is 10.9 Å². The molecule has 0 radical (unpaired) electrons. The third-order valence-electron chi connectivity index (χ3n) is 5.42. The van der Waals surface area contributed by atoms with Crippen LogP contribution in [0, 0.1) is 11.7 Å². The van der Waals surface area contributed by atoms with E-state index in [1.807, 2.05) is 0 Å². The molecular formula is C22H29F2N5O4S. The van der Waals surface area contributed by atoms with E-state index in [1.54, 1.807) is 33.8 Å². The van der Waals surface area contributed by atoms with Gasteiger partial charge in [0.1, 0.15) is 23.1 Å². The highest BCUT2D eigenvalue weighted by Crippen LogP contribution is 2.40. The number of alkyl carbamates (subject to hydrolysis) is 1. The molecule has 0 spiro atoms. The van der Waals surface area contributed by atoms with Crippen LogP contribution in [0.25, 0.3) is 0 Å². The van der Waals surface area contributed by atoms with Gasteiger partial charge in [0.15, 0.2) is 0 Å². The van der Waals surface area contributed by atoms with Crippen molar-refractivity contribution in [3.05, 3.63) is 47.7 Å². The Morgan fingerprint density at radius 1 is 1.29 bits per heavy atom. The van der Waals surface area contributed by atoms with Crippen LogP contribution in [-0.4, -0.2) is 60.2 Å². The summed E-state index contributed by atoms with van der Waals surface area (Å²) < 4.78 is 59.9. The highest BCUT2D eigenvalue weighted by atomic mass is 32.2. The number of anilines is 1. The SMILES string of the molecule is CN1C(NC(=O)OC(C)(C)C)=N[C@](C)(C2CC(CNc3ccc(F)cn3)=CC=C2F)CS1(=O)=O. The van der Waals surface area contributed by atoms with Crippen LogP contribution >= 0.6 is 0 Å². The standard InChI is InChI=1S/C22H29F2N5O4S/c1-21(2,3)33-20(30)27-19-28-22(4,13-34(31,32)29(19)5)16-10-14(6-8-17(16)24)11-25-18-9-7-15(23)12-26-18/h6-9,12,16H,10-11,13H2,1-5H3,(H,25,26)(H,27,28,30)/t16?,22-/m0/s1. The number of aliphatic imine (C=N–C) groups is 1. The van der Waals surface area contributed by atoms with Crippen molar-refractivity contribution in [1.82, 2.24) is 14.6 Å². The number of carbonyl (C=O) groups excluding carboxylic acids is 1. The molecule has 1 aromatic rings. The molecule has 2 N–H and O–H groups in total. The minimum absolute atomic E-state index is 0.190. The molecule has 0 saturated heterocycles. The lowest BCUT2D eigenvalue weighted by Gasteiger charge is -2.40. The quantitative estimate of drug-likeness (QED) is 0.660. The van der Waals surface area contributed by atoms with Gasteiger partial charge < -0.3 is 10.1 Å². The van der Waals surface area contributed by atoms with Gasteiger partial charge >= 0.3 is 6.09 Å². The van der Waals surface area contributed by atoms with Crippen molar-refractivity contribution in [2.45, 2.75) is 45.3 Å². The maximum absolute atomic E-state index is 15.0. The van der Waals surface area contributed by atoms with Gasteiger partial charge in [-0.05, 0) is 52.3 Å². The number of sulfonamides is 1. The van der Waals surface area contributed by atoms with E-state index < -0.39 is 50.6 Å². The van der Waals surface area contributed by atoms with Crippen molar-refractivity contribution in [2.75, 3.05) is 24.7 Å². The number of carbonyl (C=O) groups is 1. The summed E-state index contributed by atoms with van der Waals surface area (Å²) in [6.07, 6.45) is 3.30. The number of rotatable bonds is 4. The Kier molecular flexibility index (Phi) is 7.02. The zero-order valence-corrected chi connectivity index (χ0v) is 20.5. The molecule has 0 aromatic carbocycles. The Hall–Kier alpha value is -3.02. The van der Waals surface area contributed by atoms with Gasteiger partial charge in [-0.3, -0.25) is 5.32 Å². The van der Waals surface area contributed by atoms with Gasteiger partial charge in [0.05, 0.1) is 17.5 Å². The second-order valence-electron chi connectivity index (χ2n) is 9.49. The van der Waals surface area contributed by atoms with E-state index in [-0.39, 0.29) is 12.4 Å². The van der Waals surface area contributed by atoms with Crippen LogP contribution < -0.4 is 10.6 Å². The van der Waals surface area contributed by atoms with Gasteiger partial charge in [0.2, 0.25) is 16.0 Å². The Bertz CT molecular complexity index is 1140. The smallest absolute Gasteiger partial charge is 0.414 e. The van der Waals surface area contributed by atoms with Gasteiger partial charge in [-0.2, -0.15) is 0 Å². The Balaban J connectivity index is 1.81. The first-order valence-corrected chi connectivity index (χ1v) is 12.3. The number of ether oxygens (including phenoxy) is 1. The highest BCUT2D eigenvalue weighted by Gasteiger charge is 2.47. The number of aromatic nitrogens is 1. The van der Waals surface area contributed by atoms with Crippen molar-refractivity contribution < 1.29 is 26.7 Å². The molecule has 0 bridgehead atoms. The lowest BCUT2D eigenvalue weighted by molar-refractivity contribution is 0.0558. The first kappa shape index (κ1) is 25.6. The van der Waals surface area contributed by atoms with Crippen molar-refractivity contribution >= 4 is 27.9 Å². The molecule has 12 heteroatoms. The van der Waals surface area contributed by atoms with Gasteiger partial charge in [-0.25, -0.2) is 36.3 Å². The fourth-order valence-corrected chi connectivity index (χ4v) is 5.24. The number of guanidine groups is 1.